The number of rotatable bonds is 1. The molecule has 1 atom stereocenters. The molecule has 0 radical (unpaired) electrons. The van der Waals surface area contributed by atoms with E-state index >= 15 is 0 Å². The Labute approximate surface area is 65.5 Å². The van der Waals surface area contributed by atoms with Crippen LogP contribution in [0.15, 0.2) is 0 Å². The van der Waals surface area contributed by atoms with Crippen LogP contribution < -0.4 is 0 Å². The molecule has 1 heterocycles. The van der Waals surface area contributed by atoms with Gasteiger partial charge in [0.2, 0.25) is 0 Å². The molecule has 3 heteroatoms. The molecular weight excluding hydrogens is 148 g/mol. The lowest BCUT2D eigenvalue weighted by Crippen LogP contribution is -2.28. The highest BCUT2D eigenvalue weighted by atomic mass is 32.2. The van der Waals surface area contributed by atoms with Gasteiger partial charge in [0, 0.05) is 10.7 Å². The molecule has 0 amide bonds. The average Bonchev–Trinajstić information content (AvgIpc) is 1.86. The Hall–Kier alpha value is -0.0200. The first kappa shape index (κ1) is 8.08. The molecule has 1 aliphatic heterocycles. The van der Waals surface area contributed by atoms with Crippen molar-refractivity contribution in [2.45, 2.75) is 25.0 Å². The third-order valence-electron chi connectivity index (χ3n) is 1.51. The first-order valence-corrected chi connectivity index (χ1v) is 4.14. The van der Waals surface area contributed by atoms with Crippen LogP contribution in [0, 0.1) is 5.92 Å². The van der Waals surface area contributed by atoms with Crippen molar-refractivity contribution in [3.63, 3.8) is 0 Å². The zero-order valence-corrected chi connectivity index (χ0v) is 7.11. The highest BCUT2D eigenvalue weighted by Crippen LogP contribution is 2.36. The molecule has 0 aromatic rings. The standard InChI is InChI=1S/C7H12O2S/c1-7(2)3-6(4-8)5-9-10-7/h4,6H,3,5H2,1-2H3. The van der Waals surface area contributed by atoms with Gasteiger partial charge in [-0.15, -0.1) is 0 Å². The number of hydrogen-bond donors (Lipinski definition) is 0. The van der Waals surface area contributed by atoms with Gasteiger partial charge in [0.1, 0.15) is 6.29 Å². The van der Waals surface area contributed by atoms with Gasteiger partial charge in [-0.25, -0.2) is 0 Å². The zero-order chi connectivity index (χ0) is 7.61. The molecule has 0 aliphatic carbocycles. The topological polar surface area (TPSA) is 26.3 Å². The summed E-state index contributed by atoms with van der Waals surface area (Å²) in [4.78, 5) is 10.4. The molecule has 58 valence electrons. The highest BCUT2D eigenvalue weighted by molar-refractivity contribution is 7.96. The second-order valence-corrected chi connectivity index (χ2v) is 4.74. The third-order valence-corrected chi connectivity index (χ3v) is 2.38. The van der Waals surface area contributed by atoms with E-state index in [2.05, 4.69) is 13.8 Å². The van der Waals surface area contributed by atoms with Crippen LogP contribution in [0.2, 0.25) is 0 Å². The molecule has 1 saturated heterocycles. The number of hydrogen-bond acceptors (Lipinski definition) is 3. The second kappa shape index (κ2) is 2.93. The van der Waals surface area contributed by atoms with Crippen LogP contribution in [-0.2, 0) is 8.98 Å². The van der Waals surface area contributed by atoms with Gasteiger partial charge in [0.25, 0.3) is 0 Å². The number of carbonyl (C=O) groups is 1. The van der Waals surface area contributed by atoms with E-state index < -0.39 is 0 Å². The van der Waals surface area contributed by atoms with E-state index in [1.165, 1.54) is 12.0 Å². The molecule has 1 aliphatic rings. The normalized spacial score (nSPS) is 31.6. The van der Waals surface area contributed by atoms with Crippen molar-refractivity contribution in [2.24, 2.45) is 5.92 Å². The summed E-state index contributed by atoms with van der Waals surface area (Å²) >= 11 is 1.48. The summed E-state index contributed by atoms with van der Waals surface area (Å²) in [5.74, 6) is 0.108. The highest BCUT2D eigenvalue weighted by Gasteiger charge is 2.29. The lowest BCUT2D eigenvalue weighted by Gasteiger charge is -2.30. The molecule has 10 heavy (non-hydrogen) atoms. The lowest BCUT2D eigenvalue weighted by atomic mass is 9.98. The Kier molecular flexibility index (Phi) is 2.36. The summed E-state index contributed by atoms with van der Waals surface area (Å²) in [5.41, 5.74) is 0. The van der Waals surface area contributed by atoms with E-state index in [1.54, 1.807) is 0 Å². The van der Waals surface area contributed by atoms with Crippen molar-refractivity contribution < 1.29 is 8.98 Å². The summed E-state index contributed by atoms with van der Waals surface area (Å²) in [7, 11) is 0. The van der Waals surface area contributed by atoms with Gasteiger partial charge in [-0.2, -0.15) is 0 Å². The van der Waals surface area contributed by atoms with Gasteiger partial charge < -0.3 is 8.98 Å². The Morgan fingerprint density at radius 1 is 1.70 bits per heavy atom. The summed E-state index contributed by atoms with van der Waals surface area (Å²) < 4.78 is 5.29. The van der Waals surface area contributed by atoms with Crippen molar-refractivity contribution >= 4 is 18.3 Å². The van der Waals surface area contributed by atoms with E-state index in [0.717, 1.165) is 12.7 Å². The molecule has 0 saturated carbocycles. The second-order valence-electron chi connectivity index (χ2n) is 3.23. The van der Waals surface area contributed by atoms with Crippen LogP contribution in [0.4, 0.5) is 0 Å². The maximum Gasteiger partial charge on any atom is 0.125 e. The first-order valence-electron chi connectivity index (χ1n) is 3.40. The molecule has 1 rings (SSSR count). The maximum atomic E-state index is 10.4. The average molecular weight is 160 g/mol. The number of carbonyl (C=O) groups excluding carboxylic acids is 1. The van der Waals surface area contributed by atoms with Crippen LogP contribution in [-0.4, -0.2) is 17.6 Å². The van der Waals surface area contributed by atoms with Gasteiger partial charge in [0.15, 0.2) is 0 Å². The van der Waals surface area contributed by atoms with Crippen LogP contribution in [0.1, 0.15) is 20.3 Å². The Balaban J connectivity index is 2.47. The van der Waals surface area contributed by atoms with Crippen molar-refractivity contribution in [3.05, 3.63) is 0 Å². The van der Waals surface area contributed by atoms with Crippen LogP contribution in [0.25, 0.3) is 0 Å². The summed E-state index contributed by atoms with van der Waals surface area (Å²) in [6, 6.07) is 0. The third kappa shape index (κ3) is 1.99. The predicted octanol–water partition coefficient (Wildman–Crippen LogP) is 1.65. The Morgan fingerprint density at radius 2 is 2.40 bits per heavy atom. The summed E-state index contributed by atoms with van der Waals surface area (Å²) in [6.07, 6.45) is 1.92. The summed E-state index contributed by atoms with van der Waals surface area (Å²) in [5, 5.41) is 0. The van der Waals surface area contributed by atoms with Crippen molar-refractivity contribution in [1.82, 2.24) is 0 Å². The Morgan fingerprint density at radius 3 is 2.80 bits per heavy atom. The van der Waals surface area contributed by atoms with Gasteiger partial charge in [0.05, 0.1) is 6.61 Å². The fraction of sp³-hybridized carbons (Fsp3) is 0.857. The molecule has 1 fully saturated rings. The minimum Gasteiger partial charge on any atom is -0.314 e. The molecule has 0 N–H and O–H groups in total. The van der Waals surface area contributed by atoms with Crippen LogP contribution in [0.3, 0.4) is 0 Å². The fourth-order valence-corrected chi connectivity index (χ4v) is 1.94. The lowest BCUT2D eigenvalue weighted by molar-refractivity contribution is -0.112. The van der Waals surface area contributed by atoms with E-state index in [9.17, 15) is 4.79 Å². The van der Waals surface area contributed by atoms with Gasteiger partial charge in [-0.3, -0.25) is 0 Å². The number of aldehydes is 1. The van der Waals surface area contributed by atoms with E-state index in [0.29, 0.717) is 6.61 Å². The molecule has 0 aromatic heterocycles. The van der Waals surface area contributed by atoms with Gasteiger partial charge in [-0.1, -0.05) is 0 Å². The smallest absolute Gasteiger partial charge is 0.125 e. The van der Waals surface area contributed by atoms with Crippen molar-refractivity contribution in [2.75, 3.05) is 6.61 Å². The molecule has 1 unspecified atom stereocenters. The molecule has 2 nitrogen and oxygen atoms in total. The maximum absolute atomic E-state index is 10.4. The summed E-state index contributed by atoms with van der Waals surface area (Å²) in [6.45, 7) is 4.76. The zero-order valence-electron chi connectivity index (χ0n) is 6.29. The SMILES string of the molecule is CC1(C)CC(C=O)COS1. The molecular formula is C7H12O2S. The van der Waals surface area contributed by atoms with E-state index in [-0.39, 0.29) is 10.7 Å². The monoisotopic (exact) mass is 160 g/mol. The first-order chi connectivity index (χ1) is 4.64. The fourth-order valence-electron chi connectivity index (χ4n) is 1.09. The van der Waals surface area contributed by atoms with Crippen molar-refractivity contribution in [1.29, 1.82) is 0 Å². The van der Waals surface area contributed by atoms with Crippen molar-refractivity contribution in [3.8, 4) is 0 Å². The largest absolute Gasteiger partial charge is 0.314 e. The minimum absolute atomic E-state index is 0.108. The van der Waals surface area contributed by atoms with Gasteiger partial charge >= 0.3 is 0 Å². The minimum atomic E-state index is 0.108. The molecule has 0 spiro atoms. The predicted molar refractivity (Wildman–Crippen MR) is 41.8 cm³/mol. The quantitative estimate of drug-likeness (QED) is 0.431. The van der Waals surface area contributed by atoms with Crippen LogP contribution >= 0.6 is 12.0 Å². The Bertz CT molecular complexity index is 134. The molecule has 0 aromatic carbocycles. The molecule has 0 bridgehead atoms. The van der Waals surface area contributed by atoms with Crippen LogP contribution in [0.5, 0.6) is 0 Å². The van der Waals surface area contributed by atoms with Gasteiger partial charge in [-0.05, 0) is 32.3 Å². The van der Waals surface area contributed by atoms with E-state index in [4.69, 9.17) is 4.18 Å². The van der Waals surface area contributed by atoms with E-state index in [1.807, 2.05) is 0 Å².